The van der Waals surface area contributed by atoms with Crippen molar-refractivity contribution in [3.05, 3.63) is 41.2 Å². The van der Waals surface area contributed by atoms with E-state index >= 15 is 0 Å². The fraction of sp³-hybridized carbons (Fsp3) is 0.286. The summed E-state index contributed by atoms with van der Waals surface area (Å²) in [7, 11) is 0. The summed E-state index contributed by atoms with van der Waals surface area (Å²) in [5, 5.41) is 0. The molecule has 0 aliphatic carbocycles. The highest BCUT2D eigenvalue weighted by Gasteiger charge is 2.17. The van der Waals surface area contributed by atoms with Crippen molar-refractivity contribution in [1.29, 1.82) is 0 Å². The van der Waals surface area contributed by atoms with Gasteiger partial charge in [-0.05, 0) is 19.1 Å². The van der Waals surface area contributed by atoms with Gasteiger partial charge < -0.3 is 5.73 Å². The van der Waals surface area contributed by atoms with Crippen LogP contribution in [0.2, 0.25) is 0 Å². The van der Waals surface area contributed by atoms with Gasteiger partial charge in [0.1, 0.15) is 11.6 Å². The fourth-order valence-corrected chi connectivity index (χ4v) is 1.76. The minimum absolute atomic E-state index is 0.0540. The number of hydrogen-bond donors (Lipinski definition) is 1. The predicted octanol–water partition coefficient (Wildman–Crippen LogP) is 3.44. The van der Waals surface area contributed by atoms with Crippen molar-refractivity contribution in [3.63, 3.8) is 0 Å². The van der Waals surface area contributed by atoms with Gasteiger partial charge in [-0.2, -0.15) is 0 Å². The van der Waals surface area contributed by atoms with Crippen LogP contribution in [0.5, 0.6) is 0 Å². The lowest BCUT2D eigenvalue weighted by Gasteiger charge is -2.12. The summed E-state index contributed by atoms with van der Waals surface area (Å²) in [6.45, 7) is 5.52. The van der Waals surface area contributed by atoms with Crippen molar-refractivity contribution < 1.29 is 8.78 Å². The van der Waals surface area contributed by atoms with Crippen LogP contribution < -0.4 is 5.73 Å². The third kappa shape index (κ3) is 2.41. The van der Waals surface area contributed by atoms with E-state index in [1.807, 2.05) is 13.8 Å². The molecule has 0 atom stereocenters. The maximum atomic E-state index is 13.9. The fourth-order valence-electron chi connectivity index (χ4n) is 1.76. The normalized spacial score (nSPS) is 11.1. The summed E-state index contributed by atoms with van der Waals surface area (Å²) in [6.07, 6.45) is 0. The predicted molar refractivity (Wildman–Crippen MR) is 70.6 cm³/mol. The minimum Gasteiger partial charge on any atom is -0.383 e. The largest absolute Gasteiger partial charge is 0.383 e. The van der Waals surface area contributed by atoms with Gasteiger partial charge in [0.2, 0.25) is 0 Å². The molecule has 2 N–H and O–H groups in total. The third-order valence-electron chi connectivity index (χ3n) is 2.92. The van der Waals surface area contributed by atoms with Gasteiger partial charge in [-0.25, -0.2) is 18.7 Å². The standard InChI is InChI=1S/C14H15F2N3/c1-7(2)14-18-12(8(3)13(17)19-14)9-5-4-6-10(15)11(9)16/h4-7H,1-3H3,(H2,17,18,19). The van der Waals surface area contributed by atoms with Gasteiger partial charge in [0, 0.05) is 17.0 Å². The molecule has 19 heavy (non-hydrogen) atoms. The lowest BCUT2D eigenvalue weighted by Crippen LogP contribution is -2.07. The van der Waals surface area contributed by atoms with E-state index < -0.39 is 11.6 Å². The Hall–Kier alpha value is -2.04. The van der Waals surface area contributed by atoms with E-state index in [1.165, 1.54) is 12.1 Å². The second kappa shape index (κ2) is 4.91. The van der Waals surface area contributed by atoms with Gasteiger partial charge in [-0.15, -0.1) is 0 Å². The quantitative estimate of drug-likeness (QED) is 0.903. The molecule has 0 fully saturated rings. The Morgan fingerprint density at radius 3 is 2.47 bits per heavy atom. The molecule has 1 heterocycles. The van der Waals surface area contributed by atoms with Crippen LogP contribution in [-0.4, -0.2) is 9.97 Å². The second-order valence-electron chi connectivity index (χ2n) is 4.70. The molecule has 0 aliphatic rings. The van der Waals surface area contributed by atoms with Crippen molar-refractivity contribution in [3.8, 4) is 11.3 Å². The van der Waals surface area contributed by atoms with Gasteiger partial charge in [0.25, 0.3) is 0 Å². The number of nitrogens with two attached hydrogens (primary N) is 1. The molecule has 0 unspecified atom stereocenters. The molecule has 0 aliphatic heterocycles. The van der Waals surface area contributed by atoms with Crippen LogP contribution >= 0.6 is 0 Å². The molecular formula is C14H15F2N3. The number of hydrogen-bond acceptors (Lipinski definition) is 3. The number of anilines is 1. The van der Waals surface area contributed by atoms with Crippen LogP contribution in [0.3, 0.4) is 0 Å². The summed E-state index contributed by atoms with van der Waals surface area (Å²) in [5.41, 5.74) is 6.81. The van der Waals surface area contributed by atoms with Crippen LogP contribution in [0.1, 0.15) is 31.2 Å². The number of aromatic nitrogens is 2. The topological polar surface area (TPSA) is 51.8 Å². The van der Waals surface area contributed by atoms with Crippen LogP contribution in [0.25, 0.3) is 11.3 Å². The van der Waals surface area contributed by atoms with Crippen molar-refractivity contribution in [2.45, 2.75) is 26.7 Å². The Kier molecular flexibility index (Phi) is 3.46. The molecule has 2 aromatic rings. The van der Waals surface area contributed by atoms with E-state index in [4.69, 9.17) is 5.73 Å². The second-order valence-corrected chi connectivity index (χ2v) is 4.70. The average molecular weight is 263 g/mol. The van der Waals surface area contributed by atoms with E-state index in [0.29, 0.717) is 17.1 Å². The molecule has 5 heteroatoms. The molecule has 0 saturated carbocycles. The Morgan fingerprint density at radius 2 is 1.84 bits per heavy atom. The lowest BCUT2D eigenvalue weighted by atomic mass is 10.1. The molecule has 0 amide bonds. The van der Waals surface area contributed by atoms with E-state index in [-0.39, 0.29) is 17.3 Å². The van der Waals surface area contributed by atoms with Crippen LogP contribution in [0.15, 0.2) is 18.2 Å². The Balaban J connectivity index is 2.71. The zero-order valence-corrected chi connectivity index (χ0v) is 11.0. The molecule has 0 saturated heterocycles. The zero-order valence-electron chi connectivity index (χ0n) is 11.0. The maximum Gasteiger partial charge on any atom is 0.168 e. The van der Waals surface area contributed by atoms with E-state index in [2.05, 4.69) is 9.97 Å². The van der Waals surface area contributed by atoms with Crippen LogP contribution in [-0.2, 0) is 0 Å². The van der Waals surface area contributed by atoms with Crippen molar-refractivity contribution in [1.82, 2.24) is 9.97 Å². The van der Waals surface area contributed by atoms with Gasteiger partial charge in [0.15, 0.2) is 11.6 Å². The Bertz CT molecular complexity index is 624. The molecule has 0 bridgehead atoms. The van der Waals surface area contributed by atoms with Crippen LogP contribution in [0, 0.1) is 18.6 Å². The smallest absolute Gasteiger partial charge is 0.168 e. The van der Waals surface area contributed by atoms with Gasteiger partial charge in [0.05, 0.1) is 5.69 Å². The Labute approximate surface area is 110 Å². The van der Waals surface area contributed by atoms with Crippen LogP contribution in [0.4, 0.5) is 14.6 Å². The number of rotatable bonds is 2. The highest BCUT2D eigenvalue weighted by molar-refractivity contribution is 5.67. The summed E-state index contributed by atoms with van der Waals surface area (Å²) >= 11 is 0. The van der Waals surface area contributed by atoms with E-state index in [0.717, 1.165) is 6.07 Å². The highest BCUT2D eigenvalue weighted by atomic mass is 19.2. The maximum absolute atomic E-state index is 13.9. The summed E-state index contributed by atoms with van der Waals surface area (Å²) < 4.78 is 27.2. The molecule has 1 aromatic heterocycles. The SMILES string of the molecule is Cc1c(N)nc(C(C)C)nc1-c1cccc(F)c1F. The van der Waals surface area contributed by atoms with E-state index in [9.17, 15) is 8.78 Å². The number of nitrogens with zero attached hydrogens (tertiary/aromatic N) is 2. The summed E-state index contributed by atoms with van der Waals surface area (Å²) in [6, 6.07) is 4.00. The first kappa shape index (κ1) is 13.4. The molecule has 100 valence electrons. The molecule has 0 radical (unpaired) electrons. The van der Waals surface area contributed by atoms with Gasteiger partial charge >= 0.3 is 0 Å². The Morgan fingerprint density at radius 1 is 1.16 bits per heavy atom. The van der Waals surface area contributed by atoms with Gasteiger partial charge in [-0.3, -0.25) is 0 Å². The van der Waals surface area contributed by atoms with Crippen molar-refractivity contribution in [2.75, 3.05) is 5.73 Å². The summed E-state index contributed by atoms with van der Waals surface area (Å²) in [4.78, 5) is 8.47. The third-order valence-corrected chi connectivity index (χ3v) is 2.92. The molecule has 2 rings (SSSR count). The van der Waals surface area contributed by atoms with Gasteiger partial charge in [-0.1, -0.05) is 19.9 Å². The average Bonchev–Trinajstić information content (AvgIpc) is 2.36. The lowest BCUT2D eigenvalue weighted by molar-refractivity contribution is 0.510. The van der Waals surface area contributed by atoms with Crippen molar-refractivity contribution >= 4 is 5.82 Å². The number of benzene rings is 1. The summed E-state index contributed by atoms with van der Waals surface area (Å²) in [5.74, 6) is -0.962. The number of halogens is 2. The molecule has 1 aromatic carbocycles. The zero-order chi connectivity index (χ0) is 14.2. The first-order chi connectivity index (χ1) is 8.91. The molecule has 3 nitrogen and oxygen atoms in total. The number of nitrogen functional groups attached to an aromatic ring is 1. The minimum atomic E-state index is -0.918. The first-order valence-corrected chi connectivity index (χ1v) is 6.00. The first-order valence-electron chi connectivity index (χ1n) is 6.00. The highest BCUT2D eigenvalue weighted by Crippen LogP contribution is 2.29. The van der Waals surface area contributed by atoms with E-state index in [1.54, 1.807) is 6.92 Å². The van der Waals surface area contributed by atoms with Crippen molar-refractivity contribution in [2.24, 2.45) is 0 Å². The monoisotopic (exact) mass is 263 g/mol. The molecule has 0 spiro atoms. The molecular weight excluding hydrogens is 248 g/mol.